The molecule has 2 amide bonds. The van der Waals surface area contributed by atoms with E-state index in [9.17, 15) is 33.4 Å². The van der Waals surface area contributed by atoms with E-state index >= 15 is 0 Å². The molecule has 1 aromatic heterocycles. The van der Waals surface area contributed by atoms with E-state index < -0.39 is 51.8 Å². The van der Waals surface area contributed by atoms with Crippen molar-refractivity contribution in [2.45, 2.75) is 31.5 Å². The van der Waals surface area contributed by atoms with Gasteiger partial charge < -0.3 is 25.0 Å². The third-order valence-corrected chi connectivity index (χ3v) is 5.73. The molecule has 4 rings (SSSR count). The van der Waals surface area contributed by atoms with E-state index in [1.807, 2.05) is 0 Å². The molecule has 2 unspecified atom stereocenters. The van der Waals surface area contributed by atoms with Crippen LogP contribution in [-0.4, -0.2) is 50.2 Å². The number of pyridine rings is 1. The number of fused-ring (bicyclic) bond motifs is 4. The molecule has 30 heavy (non-hydrogen) atoms. The molecule has 8 nitrogen and oxygen atoms in total. The Morgan fingerprint density at radius 2 is 2.07 bits per heavy atom. The maximum absolute atomic E-state index is 13.8. The van der Waals surface area contributed by atoms with Gasteiger partial charge in [0.2, 0.25) is 5.43 Å². The number of carbonyl (C=O) groups is 2. The van der Waals surface area contributed by atoms with Crippen molar-refractivity contribution >= 4 is 11.8 Å². The molecule has 10 heteroatoms. The van der Waals surface area contributed by atoms with Gasteiger partial charge >= 0.3 is 0 Å². The molecule has 3 heterocycles. The van der Waals surface area contributed by atoms with E-state index in [-0.39, 0.29) is 30.9 Å². The zero-order valence-corrected chi connectivity index (χ0v) is 16.0. The fraction of sp³-hybridized carbons (Fsp3) is 0.350. The Morgan fingerprint density at radius 1 is 1.33 bits per heavy atom. The summed E-state index contributed by atoms with van der Waals surface area (Å²) in [6, 6.07) is 2.21. The largest absolute Gasteiger partial charge is 0.503 e. The van der Waals surface area contributed by atoms with E-state index in [1.54, 1.807) is 6.92 Å². The van der Waals surface area contributed by atoms with Crippen LogP contribution < -0.4 is 10.7 Å². The molecule has 2 atom stereocenters. The summed E-state index contributed by atoms with van der Waals surface area (Å²) in [5.74, 6) is -3.97. The predicted octanol–water partition coefficient (Wildman–Crippen LogP) is 0.914. The van der Waals surface area contributed by atoms with E-state index in [4.69, 9.17) is 0 Å². The van der Waals surface area contributed by atoms with Crippen LogP contribution in [0.5, 0.6) is 5.75 Å². The molecule has 0 saturated carbocycles. The molecule has 1 aromatic carbocycles. The third kappa shape index (κ3) is 3.13. The number of carbonyl (C=O) groups excluding carboxylic acids is 2. The first-order valence-electron chi connectivity index (χ1n) is 9.32. The van der Waals surface area contributed by atoms with Crippen molar-refractivity contribution in [2.75, 3.05) is 13.1 Å². The lowest BCUT2D eigenvalue weighted by molar-refractivity contribution is -0.0534. The molecule has 2 aromatic rings. The van der Waals surface area contributed by atoms with Crippen LogP contribution in [-0.2, 0) is 6.54 Å². The van der Waals surface area contributed by atoms with E-state index in [1.165, 1.54) is 9.47 Å². The molecule has 2 bridgehead atoms. The molecule has 1 fully saturated rings. The number of amides is 2. The minimum Gasteiger partial charge on any atom is -0.503 e. The van der Waals surface area contributed by atoms with Gasteiger partial charge in [-0.15, -0.1) is 0 Å². The standard InChI is InChI=1S/C20H19F2N3O5/c1-20(30)4-5-24-9-14(20)25-8-12(16(26)17(27)15(25)19(24)29)18(28)23-7-10-2-3-11(21)6-13(10)22/h2-3,6,8,14,27,30H,4-5,7,9H2,1H3,(H,23,28). The van der Waals surface area contributed by atoms with Crippen molar-refractivity contribution in [3.63, 3.8) is 0 Å². The molecular weight excluding hydrogens is 400 g/mol. The number of piperidine rings is 1. The third-order valence-electron chi connectivity index (χ3n) is 5.73. The second kappa shape index (κ2) is 6.91. The first kappa shape index (κ1) is 20.0. The summed E-state index contributed by atoms with van der Waals surface area (Å²) in [5.41, 5.74) is -3.00. The average molecular weight is 419 g/mol. The fourth-order valence-electron chi connectivity index (χ4n) is 3.92. The highest BCUT2D eigenvalue weighted by molar-refractivity contribution is 5.99. The first-order valence-corrected chi connectivity index (χ1v) is 9.32. The highest BCUT2D eigenvalue weighted by atomic mass is 19.1. The molecule has 2 aliphatic rings. The normalized spacial score (nSPS) is 22.6. The van der Waals surface area contributed by atoms with Gasteiger partial charge in [-0.1, -0.05) is 6.07 Å². The molecular formula is C20H19F2N3O5. The Balaban J connectivity index is 1.70. The highest BCUT2D eigenvalue weighted by Gasteiger charge is 2.46. The Morgan fingerprint density at radius 3 is 2.77 bits per heavy atom. The van der Waals surface area contributed by atoms with Gasteiger partial charge in [0.25, 0.3) is 11.8 Å². The van der Waals surface area contributed by atoms with Gasteiger partial charge in [0.15, 0.2) is 11.4 Å². The lowest BCUT2D eigenvalue weighted by atomic mass is 9.85. The topological polar surface area (TPSA) is 112 Å². The number of halogens is 2. The zero-order chi connectivity index (χ0) is 21.8. The summed E-state index contributed by atoms with van der Waals surface area (Å²) in [4.78, 5) is 39.2. The van der Waals surface area contributed by atoms with Crippen LogP contribution in [0.2, 0.25) is 0 Å². The number of aliphatic hydroxyl groups is 1. The SMILES string of the molecule is CC1(O)CCN2CC1n1cc(C(=O)NCc3ccc(F)cc3F)c(=O)c(O)c1C2=O. The molecule has 0 aliphatic carbocycles. The van der Waals surface area contributed by atoms with Crippen LogP contribution in [0.1, 0.15) is 45.8 Å². The lowest BCUT2D eigenvalue weighted by Gasteiger charge is -2.47. The van der Waals surface area contributed by atoms with Crippen molar-refractivity contribution in [1.82, 2.24) is 14.8 Å². The van der Waals surface area contributed by atoms with Crippen molar-refractivity contribution in [3.8, 4) is 5.75 Å². The molecule has 1 saturated heterocycles. The van der Waals surface area contributed by atoms with Gasteiger partial charge in [-0.3, -0.25) is 14.4 Å². The second-order valence-electron chi connectivity index (χ2n) is 7.77. The van der Waals surface area contributed by atoms with Crippen LogP contribution in [0.25, 0.3) is 0 Å². The van der Waals surface area contributed by atoms with Crippen LogP contribution in [0.3, 0.4) is 0 Å². The number of benzene rings is 1. The smallest absolute Gasteiger partial charge is 0.274 e. The average Bonchev–Trinajstić information content (AvgIpc) is 2.68. The summed E-state index contributed by atoms with van der Waals surface area (Å²) < 4.78 is 28.1. The summed E-state index contributed by atoms with van der Waals surface area (Å²) in [6.45, 7) is 1.71. The Bertz CT molecular complexity index is 1130. The van der Waals surface area contributed by atoms with Gasteiger partial charge in [-0.25, -0.2) is 8.78 Å². The quantitative estimate of drug-likeness (QED) is 0.685. The van der Waals surface area contributed by atoms with Crippen molar-refractivity contribution < 1.29 is 28.6 Å². The van der Waals surface area contributed by atoms with Crippen LogP contribution in [0, 0.1) is 11.6 Å². The Labute approximate surface area is 169 Å². The van der Waals surface area contributed by atoms with E-state index in [0.29, 0.717) is 12.5 Å². The number of aromatic hydroxyl groups is 1. The minimum absolute atomic E-state index is 0.00747. The zero-order valence-electron chi connectivity index (χ0n) is 16.0. The number of hydrogen-bond acceptors (Lipinski definition) is 5. The van der Waals surface area contributed by atoms with Gasteiger partial charge in [-0.05, 0) is 19.4 Å². The van der Waals surface area contributed by atoms with Crippen molar-refractivity contribution in [3.05, 3.63) is 63.1 Å². The van der Waals surface area contributed by atoms with Crippen molar-refractivity contribution in [1.29, 1.82) is 0 Å². The van der Waals surface area contributed by atoms with Crippen LogP contribution in [0.15, 0.2) is 29.2 Å². The van der Waals surface area contributed by atoms with E-state index in [0.717, 1.165) is 18.3 Å². The summed E-state index contributed by atoms with van der Waals surface area (Å²) in [7, 11) is 0. The number of nitrogens with one attached hydrogen (secondary N) is 1. The number of aromatic nitrogens is 1. The maximum atomic E-state index is 13.8. The number of nitrogens with zero attached hydrogens (tertiary/aromatic N) is 2. The highest BCUT2D eigenvalue weighted by Crippen LogP contribution is 2.38. The Kier molecular flexibility index (Phi) is 4.61. The summed E-state index contributed by atoms with van der Waals surface area (Å²) in [5, 5.41) is 23.5. The molecule has 0 radical (unpaired) electrons. The van der Waals surface area contributed by atoms with Gasteiger partial charge in [-0.2, -0.15) is 0 Å². The minimum atomic E-state index is -1.22. The molecule has 0 spiro atoms. The van der Waals surface area contributed by atoms with Crippen LogP contribution in [0.4, 0.5) is 8.78 Å². The number of rotatable bonds is 3. The second-order valence-corrected chi connectivity index (χ2v) is 7.77. The monoisotopic (exact) mass is 419 g/mol. The fourth-order valence-corrected chi connectivity index (χ4v) is 3.92. The number of hydrogen-bond donors (Lipinski definition) is 3. The van der Waals surface area contributed by atoms with E-state index in [2.05, 4.69) is 5.32 Å². The Hall–Kier alpha value is -3.27. The van der Waals surface area contributed by atoms with Gasteiger partial charge in [0.05, 0.1) is 11.6 Å². The van der Waals surface area contributed by atoms with Gasteiger partial charge in [0.1, 0.15) is 17.2 Å². The van der Waals surface area contributed by atoms with Crippen LogP contribution >= 0.6 is 0 Å². The molecule has 158 valence electrons. The lowest BCUT2D eigenvalue weighted by Crippen LogP contribution is -2.57. The maximum Gasteiger partial charge on any atom is 0.274 e. The van der Waals surface area contributed by atoms with Gasteiger partial charge in [0, 0.05) is 37.5 Å². The first-order chi connectivity index (χ1) is 14.1. The summed E-state index contributed by atoms with van der Waals surface area (Å²) >= 11 is 0. The van der Waals surface area contributed by atoms with Crippen molar-refractivity contribution in [2.24, 2.45) is 0 Å². The molecule has 3 N–H and O–H groups in total. The predicted molar refractivity (Wildman–Crippen MR) is 100 cm³/mol. The molecule has 2 aliphatic heterocycles. The summed E-state index contributed by atoms with van der Waals surface area (Å²) in [6.07, 6.45) is 1.43.